The first-order chi connectivity index (χ1) is 11.6. The highest BCUT2D eigenvalue weighted by molar-refractivity contribution is 5.82. The van der Waals surface area contributed by atoms with E-state index < -0.39 is 0 Å². The van der Waals surface area contributed by atoms with E-state index in [1.165, 1.54) is 12.8 Å². The van der Waals surface area contributed by atoms with Crippen molar-refractivity contribution in [2.45, 2.75) is 70.0 Å². The van der Waals surface area contributed by atoms with E-state index in [0.717, 1.165) is 38.9 Å². The highest BCUT2D eigenvalue weighted by Gasteiger charge is 2.46. The monoisotopic (exact) mass is 335 g/mol. The van der Waals surface area contributed by atoms with E-state index in [1.807, 2.05) is 4.90 Å². The zero-order valence-corrected chi connectivity index (χ0v) is 14.6. The number of ether oxygens (including phenoxy) is 1. The van der Waals surface area contributed by atoms with Crippen LogP contribution in [0.25, 0.3) is 0 Å². The van der Waals surface area contributed by atoms with Gasteiger partial charge in [0.1, 0.15) is 0 Å². The molecule has 0 unspecified atom stereocenters. The normalized spacial score (nSPS) is 37.7. The summed E-state index contributed by atoms with van der Waals surface area (Å²) >= 11 is 0. The lowest BCUT2D eigenvalue weighted by Gasteiger charge is -2.39. The summed E-state index contributed by atoms with van der Waals surface area (Å²) in [6.07, 6.45) is 7.08. The zero-order chi connectivity index (χ0) is 16.7. The smallest absolute Gasteiger partial charge is 0.315 e. The third kappa shape index (κ3) is 3.01. The second-order valence-electron chi connectivity index (χ2n) is 8.26. The van der Waals surface area contributed by atoms with E-state index >= 15 is 0 Å². The summed E-state index contributed by atoms with van der Waals surface area (Å²) in [5.74, 6) is 0.810. The number of urea groups is 1. The molecule has 3 amide bonds. The van der Waals surface area contributed by atoms with Gasteiger partial charge in [-0.05, 0) is 43.4 Å². The number of carbonyl (C=O) groups excluding carboxylic acids is 2. The Balaban J connectivity index is 1.30. The van der Waals surface area contributed by atoms with Crippen LogP contribution >= 0.6 is 0 Å². The first-order valence-corrected chi connectivity index (χ1v) is 9.52. The summed E-state index contributed by atoms with van der Waals surface area (Å²) < 4.78 is 5.51. The summed E-state index contributed by atoms with van der Waals surface area (Å²) in [6.45, 7) is 4.47. The minimum atomic E-state index is -0.101. The molecule has 2 aliphatic heterocycles. The molecule has 0 aromatic rings. The van der Waals surface area contributed by atoms with Crippen molar-refractivity contribution in [3.05, 3.63) is 0 Å². The van der Waals surface area contributed by atoms with Gasteiger partial charge in [0.2, 0.25) is 5.91 Å². The third-order valence-corrected chi connectivity index (χ3v) is 6.66. The van der Waals surface area contributed by atoms with Crippen LogP contribution in [0.5, 0.6) is 0 Å². The molecule has 4 fully saturated rings. The van der Waals surface area contributed by atoms with Crippen molar-refractivity contribution >= 4 is 11.9 Å². The van der Waals surface area contributed by atoms with Gasteiger partial charge in [-0.25, -0.2) is 4.79 Å². The fraction of sp³-hybridized carbons (Fsp3) is 0.889. The van der Waals surface area contributed by atoms with Crippen molar-refractivity contribution in [2.75, 3.05) is 19.8 Å². The maximum Gasteiger partial charge on any atom is 0.315 e. The molecule has 2 heterocycles. The molecule has 0 aromatic heterocycles. The molecule has 4 aliphatic rings. The number of rotatable bonds is 3. The summed E-state index contributed by atoms with van der Waals surface area (Å²) in [5.41, 5.74) is 0.233. The van der Waals surface area contributed by atoms with Crippen LogP contribution < -0.4 is 10.6 Å². The minimum Gasteiger partial charge on any atom is -0.381 e. The number of hydrogen-bond acceptors (Lipinski definition) is 3. The number of nitrogens with zero attached hydrogens (tertiary/aromatic N) is 1. The van der Waals surface area contributed by atoms with Crippen molar-refractivity contribution < 1.29 is 14.3 Å². The van der Waals surface area contributed by atoms with Crippen LogP contribution in [0.3, 0.4) is 0 Å². The van der Waals surface area contributed by atoms with Crippen LogP contribution in [-0.2, 0) is 9.53 Å². The van der Waals surface area contributed by atoms with Gasteiger partial charge < -0.3 is 20.3 Å². The number of nitrogens with one attached hydrogen (secondary N) is 2. The predicted molar refractivity (Wildman–Crippen MR) is 89.5 cm³/mol. The first kappa shape index (κ1) is 16.2. The van der Waals surface area contributed by atoms with Crippen LogP contribution in [0.4, 0.5) is 4.79 Å². The molecule has 2 N–H and O–H groups in total. The highest BCUT2D eigenvalue weighted by atomic mass is 16.5. The Labute approximate surface area is 143 Å². The van der Waals surface area contributed by atoms with Gasteiger partial charge >= 0.3 is 6.03 Å². The molecule has 24 heavy (non-hydrogen) atoms. The highest BCUT2D eigenvalue weighted by Crippen LogP contribution is 2.46. The molecule has 2 saturated carbocycles. The van der Waals surface area contributed by atoms with Crippen molar-refractivity contribution in [2.24, 2.45) is 11.3 Å². The SMILES string of the molecule is C[C@@H]1C[C@@H]1N1C[C@H](NC(=O)N[C@H]2CCCC23CCOCC3)CC1=O. The number of likely N-dealkylation sites (tertiary alicyclic amines) is 1. The van der Waals surface area contributed by atoms with Gasteiger partial charge in [0.25, 0.3) is 0 Å². The summed E-state index contributed by atoms with van der Waals surface area (Å²) in [6, 6.07) is 0.513. The van der Waals surface area contributed by atoms with Gasteiger partial charge in [0.15, 0.2) is 0 Å². The Bertz CT molecular complexity index is 518. The van der Waals surface area contributed by atoms with Crippen LogP contribution in [0, 0.1) is 11.3 Å². The molecule has 6 heteroatoms. The van der Waals surface area contributed by atoms with Crippen molar-refractivity contribution in [1.82, 2.24) is 15.5 Å². The Hall–Kier alpha value is -1.30. The van der Waals surface area contributed by atoms with Crippen LogP contribution in [0.1, 0.15) is 51.9 Å². The minimum absolute atomic E-state index is 0.0441. The average Bonchev–Trinajstić information content (AvgIpc) is 3.00. The molecule has 2 aliphatic carbocycles. The van der Waals surface area contributed by atoms with E-state index in [-0.39, 0.29) is 29.4 Å². The van der Waals surface area contributed by atoms with E-state index in [9.17, 15) is 9.59 Å². The van der Waals surface area contributed by atoms with Gasteiger partial charge in [0.05, 0.1) is 6.04 Å². The fourth-order valence-corrected chi connectivity index (χ4v) is 5.01. The molecule has 0 bridgehead atoms. The number of carbonyl (C=O) groups is 2. The lowest BCUT2D eigenvalue weighted by Crippen LogP contribution is -2.52. The first-order valence-electron chi connectivity index (χ1n) is 9.52. The van der Waals surface area contributed by atoms with E-state index in [4.69, 9.17) is 4.74 Å². The van der Waals surface area contributed by atoms with Crippen molar-refractivity contribution in [1.29, 1.82) is 0 Å². The summed E-state index contributed by atoms with van der Waals surface area (Å²) in [7, 11) is 0. The number of amides is 3. The van der Waals surface area contributed by atoms with Gasteiger partial charge in [-0.15, -0.1) is 0 Å². The summed E-state index contributed by atoms with van der Waals surface area (Å²) in [4.78, 5) is 26.5. The van der Waals surface area contributed by atoms with Crippen molar-refractivity contribution in [3.63, 3.8) is 0 Å². The molecule has 1 spiro atoms. The molecule has 0 radical (unpaired) electrons. The topological polar surface area (TPSA) is 70.7 Å². The van der Waals surface area contributed by atoms with Crippen LogP contribution in [-0.4, -0.2) is 54.7 Å². The molecule has 4 atom stereocenters. The second-order valence-corrected chi connectivity index (χ2v) is 8.26. The Kier molecular flexibility index (Phi) is 4.19. The van der Waals surface area contributed by atoms with Gasteiger partial charge in [-0.1, -0.05) is 13.3 Å². The summed E-state index contributed by atoms with van der Waals surface area (Å²) in [5, 5.41) is 6.26. The van der Waals surface area contributed by atoms with Crippen LogP contribution in [0.2, 0.25) is 0 Å². The fourth-order valence-electron chi connectivity index (χ4n) is 5.01. The molecular weight excluding hydrogens is 306 g/mol. The Morgan fingerprint density at radius 3 is 2.71 bits per heavy atom. The lowest BCUT2D eigenvalue weighted by atomic mass is 9.75. The number of hydrogen-bond donors (Lipinski definition) is 2. The molecule has 6 nitrogen and oxygen atoms in total. The second kappa shape index (κ2) is 6.21. The van der Waals surface area contributed by atoms with Gasteiger partial charge in [-0.3, -0.25) is 4.79 Å². The maximum atomic E-state index is 12.5. The Morgan fingerprint density at radius 1 is 1.25 bits per heavy atom. The van der Waals surface area contributed by atoms with Crippen LogP contribution in [0.15, 0.2) is 0 Å². The standard InChI is InChI=1S/C18H29N3O3/c1-12-9-14(12)21-11-13(10-16(21)22)19-17(23)20-15-3-2-4-18(15)5-7-24-8-6-18/h12-15H,2-11H2,1H3,(H2,19,20,23)/t12-,13-,14+,15+/m1/s1. The van der Waals surface area contributed by atoms with E-state index in [0.29, 0.717) is 24.9 Å². The van der Waals surface area contributed by atoms with Gasteiger partial charge in [-0.2, -0.15) is 0 Å². The largest absolute Gasteiger partial charge is 0.381 e. The van der Waals surface area contributed by atoms with Gasteiger partial charge in [0, 0.05) is 38.3 Å². The molecule has 134 valence electrons. The maximum absolute atomic E-state index is 12.5. The predicted octanol–water partition coefficient (Wildman–Crippen LogP) is 1.64. The quantitative estimate of drug-likeness (QED) is 0.824. The zero-order valence-electron chi connectivity index (χ0n) is 14.6. The third-order valence-electron chi connectivity index (χ3n) is 6.66. The van der Waals surface area contributed by atoms with E-state index in [2.05, 4.69) is 17.6 Å². The van der Waals surface area contributed by atoms with E-state index in [1.54, 1.807) is 0 Å². The van der Waals surface area contributed by atoms with Crippen molar-refractivity contribution in [3.8, 4) is 0 Å². The molecule has 4 rings (SSSR count). The average molecular weight is 335 g/mol. The lowest BCUT2D eigenvalue weighted by molar-refractivity contribution is -0.128. The molecular formula is C18H29N3O3. The Morgan fingerprint density at radius 2 is 2.00 bits per heavy atom. The molecule has 0 aromatic carbocycles. The molecule has 2 saturated heterocycles.